The molecule has 0 amide bonds. The van der Waals surface area contributed by atoms with E-state index in [4.69, 9.17) is 14.0 Å². The van der Waals surface area contributed by atoms with Gasteiger partial charge in [-0.2, -0.15) is 0 Å². The van der Waals surface area contributed by atoms with Crippen molar-refractivity contribution in [3.8, 4) is 5.75 Å². The summed E-state index contributed by atoms with van der Waals surface area (Å²) in [5, 5.41) is 0. The third-order valence-corrected chi connectivity index (χ3v) is 4.76. The Kier molecular flexibility index (Phi) is 4.60. The zero-order chi connectivity index (χ0) is 18.2. The van der Waals surface area contributed by atoms with E-state index in [2.05, 4.69) is 0 Å². The van der Waals surface area contributed by atoms with Crippen LogP contribution in [0.1, 0.15) is 33.3 Å². The molecule has 0 atom stereocenters. The Labute approximate surface area is 147 Å². The summed E-state index contributed by atoms with van der Waals surface area (Å²) < 4.78 is 44.8. The Hall–Kier alpha value is -1.92. The second-order valence-electron chi connectivity index (χ2n) is 7.20. The van der Waals surface area contributed by atoms with Gasteiger partial charge in [-0.25, -0.2) is 8.78 Å². The molecule has 1 saturated heterocycles. The molecule has 1 aliphatic heterocycles. The van der Waals surface area contributed by atoms with Crippen LogP contribution in [0.15, 0.2) is 42.5 Å². The van der Waals surface area contributed by atoms with Crippen molar-refractivity contribution in [1.29, 1.82) is 0 Å². The molecule has 132 valence electrons. The molecule has 0 aromatic heterocycles. The first-order valence-corrected chi connectivity index (χ1v) is 8.20. The minimum atomic E-state index is -0.595. The lowest BCUT2D eigenvalue weighted by molar-refractivity contribution is 0.00578. The molecule has 3 rings (SSSR count). The molecule has 25 heavy (non-hydrogen) atoms. The third-order valence-electron chi connectivity index (χ3n) is 4.76. The summed E-state index contributed by atoms with van der Waals surface area (Å²) in [6.45, 7) is 7.90. The van der Waals surface area contributed by atoms with Crippen molar-refractivity contribution in [2.75, 3.05) is 0 Å². The van der Waals surface area contributed by atoms with Crippen molar-refractivity contribution >= 4 is 12.6 Å². The number of ether oxygens (including phenoxy) is 1. The fourth-order valence-electron chi connectivity index (χ4n) is 2.54. The Morgan fingerprint density at radius 1 is 0.960 bits per heavy atom. The SMILES string of the molecule is CC1(C)OB(c2ccc(F)c(OCc3cccc(F)c3)c2)OC1(C)C. The van der Waals surface area contributed by atoms with Gasteiger partial charge in [0.2, 0.25) is 0 Å². The van der Waals surface area contributed by atoms with Crippen molar-refractivity contribution in [1.82, 2.24) is 0 Å². The second-order valence-corrected chi connectivity index (χ2v) is 7.20. The average Bonchev–Trinajstić information content (AvgIpc) is 2.75. The number of benzene rings is 2. The highest BCUT2D eigenvalue weighted by Crippen LogP contribution is 2.36. The zero-order valence-corrected chi connectivity index (χ0v) is 14.8. The lowest BCUT2D eigenvalue weighted by Gasteiger charge is -2.32. The molecule has 1 heterocycles. The first kappa shape index (κ1) is 17.9. The molecule has 1 fully saturated rings. The van der Waals surface area contributed by atoms with Gasteiger partial charge in [0.05, 0.1) is 11.2 Å². The standard InChI is InChI=1S/C19H21BF2O3/c1-18(2)19(3,4)25-20(24-18)14-8-9-16(22)17(11-14)23-12-13-6-5-7-15(21)10-13/h5-11H,12H2,1-4H3. The van der Waals surface area contributed by atoms with Gasteiger partial charge in [0, 0.05) is 0 Å². The van der Waals surface area contributed by atoms with E-state index in [1.165, 1.54) is 18.2 Å². The predicted molar refractivity (Wildman–Crippen MR) is 92.8 cm³/mol. The van der Waals surface area contributed by atoms with Crippen molar-refractivity contribution in [3.63, 3.8) is 0 Å². The summed E-state index contributed by atoms with van der Waals surface area (Å²) >= 11 is 0. The van der Waals surface area contributed by atoms with Crippen molar-refractivity contribution in [2.45, 2.75) is 45.5 Å². The summed E-state index contributed by atoms with van der Waals surface area (Å²) in [4.78, 5) is 0. The third kappa shape index (κ3) is 3.70. The largest absolute Gasteiger partial charge is 0.494 e. The maximum Gasteiger partial charge on any atom is 0.494 e. The summed E-state index contributed by atoms with van der Waals surface area (Å²) in [5.41, 5.74) is 0.346. The number of hydrogen-bond donors (Lipinski definition) is 0. The van der Waals surface area contributed by atoms with Gasteiger partial charge in [0.15, 0.2) is 11.6 Å². The lowest BCUT2D eigenvalue weighted by atomic mass is 9.79. The molecule has 1 aliphatic rings. The number of hydrogen-bond acceptors (Lipinski definition) is 3. The van der Waals surface area contributed by atoms with Crippen LogP contribution >= 0.6 is 0 Å². The van der Waals surface area contributed by atoms with Crippen LogP contribution in [-0.4, -0.2) is 18.3 Å². The Morgan fingerprint density at radius 2 is 1.64 bits per heavy atom. The van der Waals surface area contributed by atoms with Crippen LogP contribution in [0.3, 0.4) is 0 Å². The van der Waals surface area contributed by atoms with E-state index in [0.29, 0.717) is 11.0 Å². The van der Waals surface area contributed by atoms with Crippen LogP contribution in [0.4, 0.5) is 8.78 Å². The fourth-order valence-corrected chi connectivity index (χ4v) is 2.54. The molecule has 0 spiro atoms. The molecule has 0 saturated carbocycles. The van der Waals surface area contributed by atoms with Gasteiger partial charge in [0.1, 0.15) is 12.4 Å². The first-order valence-electron chi connectivity index (χ1n) is 8.20. The minimum absolute atomic E-state index is 0.0709. The van der Waals surface area contributed by atoms with E-state index in [9.17, 15) is 8.78 Å². The summed E-state index contributed by atoms with van der Waals surface area (Å²) in [5.74, 6) is -0.763. The monoisotopic (exact) mass is 346 g/mol. The number of rotatable bonds is 4. The van der Waals surface area contributed by atoms with E-state index < -0.39 is 24.1 Å². The molecular formula is C19H21BF2O3. The van der Waals surface area contributed by atoms with Gasteiger partial charge in [-0.05, 0) is 63.0 Å². The highest BCUT2D eigenvalue weighted by molar-refractivity contribution is 6.62. The van der Waals surface area contributed by atoms with E-state index >= 15 is 0 Å². The van der Waals surface area contributed by atoms with Crippen LogP contribution in [0.2, 0.25) is 0 Å². The lowest BCUT2D eigenvalue weighted by Crippen LogP contribution is -2.41. The smallest absolute Gasteiger partial charge is 0.486 e. The summed E-state index contributed by atoms with van der Waals surface area (Å²) in [6.07, 6.45) is 0. The van der Waals surface area contributed by atoms with Gasteiger partial charge in [-0.15, -0.1) is 0 Å². The van der Waals surface area contributed by atoms with Gasteiger partial charge < -0.3 is 14.0 Å². The summed E-state index contributed by atoms with van der Waals surface area (Å²) in [6, 6.07) is 10.5. The van der Waals surface area contributed by atoms with Crippen LogP contribution in [0, 0.1) is 11.6 Å². The molecule has 0 aliphatic carbocycles. The highest BCUT2D eigenvalue weighted by Gasteiger charge is 2.51. The van der Waals surface area contributed by atoms with E-state index in [1.807, 2.05) is 27.7 Å². The first-order chi connectivity index (χ1) is 11.7. The highest BCUT2D eigenvalue weighted by atomic mass is 19.1. The minimum Gasteiger partial charge on any atom is -0.486 e. The number of halogens is 2. The topological polar surface area (TPSA) is 27.7 Å². The van der Waals surface area contributed by atoms with Crippen molar-refractivity contribution < 1.29 is 22.8 Å². The Balaban J connectivity index is 1.77. The van der Waals surface area contributed by atoms with Gasteiger partial charge in [-0.1, -0.05) is 18.2 Å². The second kappa shape index (κ2) is 6.43. The van der Waals surface area contributed by atoms with Crippen molar-refractivity contribution in [2.24, 2.45) is 0 Å². The molecule has 0 unspecified atom stereocenters. The molecule has 0 bridgehead atoms. The average molecular weight is 346 g/mol. The quantitative estimate of drug-likeness (QED) is 0.788. The van der Waals surface area contributed by atoms with Crippen LogP contribution in [0.25, 0.3) is 0 Å². The van der Waals surface area contributed by atoms with Gasteiger partial charge >= 0.3 is 7.12 Å². The molecule has 2 aromatic rings. The fraction of sp³-hybridized carbons (Fsp3) is 0.368. The Morgan fingerprint density at radius 3 is 2.28 bits per heavy atom. The molecule has 0 radical (unpaired) electrons. The van der Waals surface area contributed by atoms with Crippen LogP contribution in [-0.2, 0) is 15.9 Å². The normalized spacial score (nSPS) is 18.4. The summed E-state index contributed by atoms with van der Waals surface area (Å²) in [7, 11) is -0.595. The maximum absolute atomic E-state index is 14.1. The van der Waals surface area contributed by atoms with Gasteiger partial charge in [-0.3, -0.25) is 0 Å². The van der Waals surface area contributed by atoms with E-state index in [1.54, 1.807) is 24.3 Å². The predicted octanol–water partition coefficient (Wildman–Crippen LogP) is 3.84. The molecule has 3 nitrogen and oxygen atoms in total. The maximum atomic E-state index is 14.1. The van der Waals surface area contributed by atoms with Crippen LogP contribution < -0.4 is 10.2 Å². The van der Waals surface area contributed by atoms with E-state index in [0.717, 1.165) is 0 Å². The van der Waals surface area contributed by atoms with Gasteiger partial charge in [0.25, 0.3) is 0 Å². The molecule has 0 N–H and O–H groups in total. The molecule has 6 heteroatoms. The van der Waals surface area contributed by atoms with E-state index in [-0.39, 0.29) is 18.2 Å². The Bertz CT molecular complexity index is 761. The molecule has 2 aromatic carbocycles. The molecular weight excluding hydrogens is 325 g/mol. The van der Waals surface area contributed by atoms with Crippen LogP contribution in [0.5, 0.6) is 5.75 Å². The van der Waals surface area contributed by atoms with Crippen molar-refractivity contribution in [3.05, 3.63) is 59.7 Å². The zero-order valence-electron chi connectivity index (χ0n) is 14.8.